The zero-order valence-corrected chi connectivity index (χ0v) is 18.6. The van der Waals surface area contributed by atoms with Crippen molar-refractivity contribution in [2.75, 3.05) is 0 Å². The molecule has 0 fully saturated rings. The first-order valence-corrected chi connectivity index (χ1v) is 11.6. The third-order valence-electron chi connectivity index (χ3n) is 5.02. The molecule has 3 aromatic rings. The Morgan fingerprint density at radius 3 is 2.41 bits per heavy atom. The summed E-state index contributed by atoms with van der Waals surface area (Å²) in [5.41, 5.74) is 1.82. The number of sulfone groups is 1. The molecule has 0 heterocycles. The molecule has 6 nitrogen and oxygen atoms in total. The van der Waals surface area contributed by atoms with Crippen LogP contribution in [0.3, 0.4) is 0 Å². The number of phenols is 1. The Morgan fingerprint density at radius 2 is 1.78 bits per heavy atom. The first-order valence-electron chi connectivity index (χ1n) is 10.1. The summed E-state index contributed by atoms with van der Waals surface area (Å²) in [7, 11) is -3.75. The molecule has 0 aliphatic heterocycles. The Hall–Kier alpha value is -3.63. The van der Waals surface area contributed by atoms with Gasteiger partial charge in [0, 0.05) is 5.56 Å². The summed E-state index contributed by atoms with van der Waals surface area (Å²) in [6, 6.07) is 17.3. The van der Waals surface area contributed by atoms with Crippen molar-refractivity contribution in [3.8, 4) is 17.6 Å². The van der Waals surface area contributed by atoms with Gasteiger partial charge >= 0.3 is 0 Å². The van der Waals surface area contributed by atoms with Crippen LogP contribution in [0.25, 0.3) is 0 Å². The Bertz CT molecular complexity index is 1290. The Morgan fingerprint density at radius 1 is 1.06 bits per heavy atom. The van der Waals surface area contributed by atoms with Gasteiger partial charge in [-0.2, -0.15) is 5.26 Å². The summed E-state index contributed by atoms with van der Waals surface area (Å²) in [6.07, 6.45) is 1.29. The van der Waals surface area contributed by atoms with Crippen molar-refractivity contribution in [2.45, 2.75) is 43.1 Å². The van der Waals surface area contributed by atoms with Crippen LogP contribution >= 0.6 is 0 Å². The number of rotatable bonds is 8. The molecule has 0 unspecified atom stereocenters. The minimum atomic E-state index is -3.75. The number of nitrogens with zero attached hydrogens (tertiary/aromatic N) is 1. The molecule has 0 atom stereocenters. The van der Waals surface area contributed by atoms with E-state index in [1.807, 2.05) is 13.0 Å². The summed E-state index contributed by atoms with van der Waals surface area (Å²) >= 11 is 0. The maximum atomic E-state index is 13.0. The fourth-order valence-corrected chi connectivity index (χ4v) is 4.67. The lowest BCUT2D eigenvalue weighted by Crippen LogP contribution is -2.05. The van der Waals surface area contributed by atoms with Gasteiger partial charge in [0.05, 0.1) is 27.0 Å². The highest BCUT2D eigenvalue weighted by molar-refractivity contribution is 7.91. The van der Waals surface area contributed by atoms with Crippen molar-refractivity contribution in [3.05, 3.63) is 82.9 Å². The van der Waals surface area contributed by atoms with E-state index in [1.54, 1.807) is 18.2 Å². The van der Waals surface area contributed by atoms with Crippen molar-refractivity contribution in [2.24, 2.45) is 0 Å². The normalized spacial score (nSPS) is 11.0. The Balaban J connectivity index is 1.86. The second kappa shape index (κ2) is 9.67. The van der Waals surface area contributed by atoms with Crippen molar-refractivity contribution < 1.29 is 23.1 Å². The van der Waals surface area contributed by atoms with Gasteiger partial charge in [0.2, 0.25) is 9.84 Å². The van der Waals surface area contributed by atoms with Crippen molar-refractivity contribution in [1.29, 1.82) is 5.26 Å². The van der Waals surface area contributed by atoms with Crippen LogP contribution in [0.2, 0.25) is 0 Å². The molecule has 0 amide bonds. The van der Waals surface area contributed by atoms with Gasteiger partial charge in [0.25, 0.3) is 0 Å². The molecule has 0 spiro atoms. The zero-order valence-electron chi connectivity index (χ0n) is 17.8. The number of carbonyl (C=O) groups is 1. The van der Waals surface area contributed by atoms with E-state index in [-0.39, 0.29) is 33.5 Å². The van der Waals surface area contributed by atoms with E-state index in [9.17, 15) is 18.3 Å². The fraction of sp³-hybridized carbons (Fsp3) is 0.200. The Kier molecular flexibility index (Phi) is 6.96. The van der Waals surface area contributed by atoms with E-state index in [0.717, 1.165) is 6.42 Å². The number of aromatic hydroxyl groups is 1. The average Bonchev–Trinajstić information content (AvgIpc) is 2.79. The van der Waals surface area contributed by atoms with Crippen molar-refractivity contribution >= 4 is 15.6 Å². The van der Waals surface area contributed by atoms with E-state index in [0.29, 0.717) is 28.9 Å². The smallest absolute Gasteiger partial charge is 0.206 e. The first-order chi connectivity index (χ1) is 15.3. The minimum absolute atomic E-state index is 0.0750. The van der Waals surface area contributed by atoms with E-state index < -0.39 is 9.84 Å². The molecule has 0 saturated carbocycles. The van der Waals surface area contributed by atoms with E-state index >= 15 is 0 Å². The second-order valence-corrected chi connectivity index (χ2v) is 9.27. The molecule has 0 bridgehead atoms. The number of Topliss-reactive ketones (excluding diaryl/α,β-unsaturated/α-hetero) is 1. The van der Waals surface area contributed by atoms with Crippen LogP contribution in [0, 0.1) is 11.3 Å². The molecule has 1 N–H and O–H groups in total. The van der Waals surface area contributed by atoms with Crippen molar-refractivity contribution in [1.82, 2.24) is 0 Å². The molecule has 0 aliphatic rings. The van der Waals surface area contributed by atoms with Crippen LogP contribution < -0.4 is 4.74 Å². The molecule has 3 aromatic carbocycles. The first kappa shape index (κ1) is 23.0. The maximum absolute atomic E-state index is 13.0. The predicted octanol–water partition coefficient (Wildman–Crippen LogP) is 4.83. The summed E-state index contributed by atoms with van der Waals surface area (Å²) in [4.78, 5) is 11.9. The van der Waals surface area contributed by atoms with Gasteiger partial charge in [-0.15, -0.1) is 0 Å². The quantitative estimate of drug-likeness (QED) is 0.494. The van der Waals surface area contributed by atoms with Crippen LogP contribution in [-0.2, 0) is 22.9 Å². The van der Waals surface area contributed by atoms with Gasteiger partial charge in [-0.1, -0.05) is 25.5 Å². The molecule has 0 saturated heterocycles. The molecule has 0 radical (unpaired) electrons. The predicted molar refractivity (Wildman–Crippen MR) is 119 cm³/mol. The van der Waals surface area contributed by atoms with Gasteiger partial charge in [0.15, 0.2) is 5.78 Å². The second-order valence-electron chi connectivity index (χ2n) is 7.32. The monoisotopic (exact) mass is 449 g/mol. The molecule has 0 aromatic heterocycles. The molecule has 3 rings (SSSR count). The highest BCUT2D eigenvalue weighted by Crippen LogP contribution is 2.33. The molecule has 164 valence electrons. The van der Waals surface area contributed by atoms with E-state index in [2.05, 4.69) is 0 Å². The number of carbonyl (C=O) groups excluding carboxylic acids is 1. The average molecular weight is 450 g/mol. The van der Waals surface area contributed by atoms with Crippen LogP contribution in [0.5, 0.6) is 11.5 Å². The minimum Gasteiger partial charge on any atom is -0.507 e. The van der Waals surface area contributed by atoms with Gasteiger partial charge in [-0.05, 0) is 67.4 Å². The number of benzene rings is 3. The highest BCUT2D eigenvalue weighted by atomic mass is 32.2. The number of hydrogen-bond acceptors (Lipinski definition) is 6. The lowest BCUT2D eigenvalue weighted by Gasteiger charge is -2.15. The van der Waals surface area contributed by atoms with E-state index in [1.165, 1.54) is 49.4 Å². The summed E-state index contributed by atoms with van der Waals surface area (Å²) in [6.45, 7) is 3.44. The molecular formula is C25H23NO5S. The Labute approximate surface area is 187 Å². The third kappa shape index (κ3) is 4.82. The number of nitriles is 1. The number of hydrogen-bond donors (Lipinski definition) is 1. The fourth-order valence-electron chi connectivity index (χ4n) is 3.34. The van der Waals surface area contributed by atoms with Crippen molar-refractivity contribution in [3.63, 3.8) is 0 Å². The largest absolute Gasteiger partial charge is 0.507 e. The lowest BCUT2D eigenvalue weighted by molar-refractivity contribution is 0.101. The summed E-state index contributed by atoms with van der Waals surface area (Å²) in [5.74, 6) is 0.149. The van der Waals surface area contributed by atoms with Crippen LogP contribution in [-0.4, -0.2) is 19.3 Å². The topological polar surface area (TPSA) is 104 Å². The highest BCUT2D eigenvalue weighted by Gasteiger charge is 2.19. The molecule has 0 aliphatic carbocycles. The molecular weight excluding hydrogens is 426 g/mol. The number of phenolic OH excluding ortho intramolecular Hbond substituents is 1. The summed E-state index contributed by atoms with van der Waals surface area (Å²) < 4.78 is 31.8. The van der Waals surface area contributed by atoms with Crippen LogP contribution in [0.15, 0.2) is 70.5 Å². The molecule has 7 heteroatoms. The van der Waals surface area contributed by atoms with Gasteiger partial charge in [-0.25, -0.2) is 8.42 Å². The van der Waals surface area contributed by atoms with E-state index in [4.69, 9.17) is 10.00 Å². The van der Waals surface area contributed by atoms with Crippen LogP contribution in [0.1, 0.15) is 47.3 Å². The van der Waals surface area contributed by atoms with Gasteiger partial charge < -0.3 is 9.84 Å². The standard InChI is InChI=1S/C25H23NO5S/c1-3-5-23-24(13-12-22(17(2)27)25(23)28)31-16-19-6-4-7-21(14-19)32(29,30)20-10-8-18(15-26)9-11-20/h4,6-14,28H,3,5,16H2,1-2H3. The third-order valence-corrected chi connectivity index (χ3v) is 6.78. The zero-order chi connectivity index (χ0) is 23.3. The maximum Gasteiger partial charge on any atom is 0.206 e. The lowest BCUT2D eigenvalue weighted by atomic mass is 10.0. The van der Waals surface area contributed by atoms with Crippen LogP contribution in [0.4, 0.5) is 0 Å². The van der Waals surface area contributed by atoms with Gasteiger partial charge in [0.1, 0.15) is 18.1 Å². The van der Waals surface area contributed by atoms with Gasteiger partial charge in [-0.3, -0.25) is 4.79 Å². The number of ether oxygens (including phenoxy) is 1. The SMILES string of the molecule is CCCc1c(OCc2cccc(S(=O)(=O)c3ccc(C#N)cc3)c2)ccc(C(C)=O)c1O. The summed E-state index contributed by atoms with van der Waals surface area (Å²) in [5, 5.41) is 19.4. The number of ketones is 1. The molecule has 32 heavy (non-hydrogen) atoms.